The predicted molar refractivity (Wildman–Crippen MR) is 74.0 cm³/mol. The highest BCUT2D eigenvalue weighted by Gasteiger charge is 2.38. The average Bonchev–Trinajstić information content (AvgIpc) is 3.24. The third-order valence-electron chi connectivity index (χ3n) is 4.27. The summed E-state index contributed by atoms with van der Waals surface area (Å²) in [4.78, 5) is 28.7. The van der Waals surface area contributed by atoms with E-state index in [4.69, 9.17) is 5.11 Å². The van der Waals surface area contributed by atoms with Crippen LogP contribution in [0.3, 0.4) is 0 Å². The van der Waals surface area contributed by atoms with E-state index in [1.165, 1.54) is 12.8 Å². The molecule has 0 saturated heterocycles. The Morgan fingerprint density at radius 3 is 2.35 bits per heavy atom. The Balaban J connectivity index is 1.90. The molecule has 20 heavy (non-hydrogen) atoms. The highest BCUT2D eigenvalue weighted by molar-refractivity contribution is 6.01. The lowest BCUT2D eigenvalue weighted by molar-refractivity contribution is 0.0690. The SMILES string of the molecule is Cc1[nH]c(C(=O)O)c(C)c1C(=O)N(CC1CC1)C1CC1. The zero-order valence-corrected chi connectivity index (χ0v) is 11.9. The smallest absolute Gasteiger partial charge is 0.352 e. The molecule has 108 valence electrons. The molecule has 1 heterocycles. The second-order valence-electron chi connectivity index (χ2n) is 6.06. The summed E-state index contributed by atoms with van der Waals surface area (Å²) >= 11 is 0. The van der Waals surface area contributed by atoms with Gasteiger partial charge in [-0.2, -0.15) is 0 Å². The summed E-state index contributed by atoms with van der Waals surface area (Å²) in [6.07, 6.45) is 4.57. The third kappa shape index (κ3) is 2.32. The summed E-state index contributed by atoms with van der Waals surface area (Å²) in [7, 11) is 0. The first-order valence-electron chi connectivity index (χ1n) is 7.22. The van der Waals surface area contributed by atoms with Crippen LogP contribution in [0.1, 0.15) is 57.8 Å². The summed E-state index contributed by atoms with van der Waals surface area (Å²) in [5.74, 6) is -0.360. The Labute approximate surface area is 118 Å². The normalized spacial score (nSPS) is 18.1. The van der Waals surface area contributed by atoms with Crippen LogP contribution in [0.15, 0.2) is 0 Å². The van der Waals surface area contributed by atoms with Crippen LogP contribution in [0.25, 0.3) is 0 Å². The maximum absolute atomic E-state index is 12.8. The van der Waals surface area contributed by atoms with E-state index in [-0.39, 0.29) is 11.6 Å². The molecule has 2 fully saturated rings. The summed E-state index contributed by atoms with van der Waals surface area (Å²) < 4.78 is 0. The molecule has 0 spiro atoms. The molecule has 0 unspecified atom stereocenters. The summed E-state index contributed by atoms with van der Waals surface area (Å²) in [6.45, 7) is 4.31. The van der Waals surface area contributed by atoms with Crippen molar-refractivity contribution in [3.8, 4) is 0 Å². The Hall–Kier alpha value is -1.78. The molecular weight excluding hydrogens is 256 g/mol. The summed E-state index contributed by atoms with van der Waals surface area (Å²) in [5, 5.41) is 9.14. The molecule has 2 aliphatic carbocycles. The third-order valence-corrected chi connectivity index (χ3v) is 4.27. The van der Waals surface area contributed by atoms with E-state index in [0.29, 0.717) is 28.8 Å². The minimum Gasteiger partial charge on any atom is -0.477 e. The van der Waals surface area contributed by atoms with Crippen molar-refractivity contribution in [1.82, 2.24) is 9.88 Å². The van der Waals surface area contributed by atoms with Crippen molar-refractivity contribution >= 4 is 11.9 Å². The van der Waals surface area contributed by atoms with Gasteiger partial charge in [0.2, 0.25) is 0 Å². The van der Waals surface area contributed by atoms with Gasteiger partial charge < -0.3 is 15.0 Å². The molecule has 1 aromatic heterocycles. The van der Waals surface area contributed by atoms with Crippen LogP contribution in [-0.2, 0) is 0 Å². The molecule has 2 aliphatic rings. The van der Waals surface area contributed by atoms with Gasteiger partial charge in [0.1, 0.15) is 5.69 Å². The van der Waals surface area contributed by atoms with E-state index in [1.54, 1.807) is 13.8 Å². The van der Waals surface area contributed by atoms with E-state index in [2.05, 4.69) is 4.98 Å². The lowest BCUT2D eigenvalue weighted by Crippen LogP contribution is -2.35. The number of rotatable bonds is 5. The number of hydrogen-bond donors (Lipinski definition) is 2. The molecule has 0 bridgehead atoms. The van der Waals surface area contributed by atoms with Gasteiger partial charge in [-0.1, -0.05) is 0 Å². The number of aryl methyl sites for hydroxylation is 1. The van der Waals surface area contributed by atoms with E-state index < -0.39 is 5.97 Å². The molecular formula is C15H20N2O3. The van der Waals surface area contributed by atoms with Crippen LogP contribution in [0.2, 0.25) is 0 Å². The number of amides is 1. The highest BCUT2D eigenvalue weighted by Crippen LogP contribution is 2.36. The van der Waals surface area contributed by atoms with Gasteiger partial charge in [0.15, 0.2) is 0 Å². The minimum atomic E-state index is -1.01. The van der Waals surface area contributed by atoms with Gasteiger partial charge in [-0.3, -0.25) is 4.79 Å². The number of carbonyl (C=O) groups excluding carboxylic acids is 1. The molecule has 0 aliphatic heterocycles. The van der Waals surface area contributed by atoms with Crippen LogP contribution in [-0.4, -0.2) is 39.5 Å². The molecule has 5 heteroatoms. The lowest BCUT2D eigenvalue weighted by atomic mass is 10.1. The van der Waals surface area contributed by atoms with Crippen LogP contribution >= 0.6 is 0 Å². The quantitative estimate of drug-likeness (QED) is 0.867. The van der Waals surface area contributed by atoms with Crippen molar-refractivity contribution in [3.05, 3.63) is 22.5 Å². The van der Waals surface area contributed by atoms with Crippen LogP contribution in [0.5, 0.6) is 0 Å². The van der Waals surface area contributed by atoms with Crippen molar-refractivity contribution in [3.63, 3.8) is 0 Å². The predicted octanol–water partition coefficient (Wildman–Crippen LogP) is 2.34. The number of aromatic amines is 1. The van der Waals surface area contributed by atoms with Gasteiger partial charge in [-0.05, 0) is 51.0 Å². The molecule has 2 saturated carbocycles. The van der Waals surface area contributed by atoms with Crippen LogP contribution < -0.4 is 0 Å². The number of hydrogen-bond acceptors (Lipinski definition) is 2. The van der Waals surface area contributed by atoms with Crippen LogP contribution in [0, 0.1) is 19.8 Å². The van der Waals surface area contributed by atoms with Crippen molar-refractivity contribution < 1.29 is 14.7 Å². The van der Waals surface area contributed by atoms with Crippen molar-refractivity contribution in [2.75, 3.05) is 6.54 Å². The fourth-order valence-corrected chi connectivity index (χ4v) is 2.79. The Bertz CT molecular complexity index is 568. The number of aromatic carboxylic acids is 1. The number of carboxylic acids is 1. The highest BCUT2D eigenvalue weighted by atomic mass is 16.4. The maximum atomic E-state index is 12.8. The van der Waals surface area contributed by atoms with Gasteiger partial charge in [-0.15, -0.1) is 0 Å². The molecule has 1 amide bonds. The molecule has 0 atom stereocenters. The second kappa shape index (κ2) is 4.65. The second-order valence-corrected chi connectivity index (χ2v) is 6.06. The monoisotopic (exact) mass is 276 g/mol. The van der Waals surface area contributed by atoms with E-state index in [1.807, 2.05) is 4.90 Å². The molecule has 1 aromatic rings. The van der Waals surface area contributed by atoms with E-state index in [9.17, 15) is 9.59 Å². The van der Waals surface area contributed by atoms with E-state index in [0.717, 1.165) is 19.4 Å². The fourth-order valence-electron chi connectivity index (χ4n) is 2.79. The fraction of sp³-hybridized carbons (Fsp3) is 0.600. The minimum absolute atomic E-state index is 0.00171. The van der Waals surface area contributed by atoms with Crippen molar-refractivity contribution in [2.45, 2.75) is 45.6 Å². The first kappa shape index (κ1) is 13.2. The summed E-state index contributed by atoms with van der Waals surface area (Å²) in [5.41, 5.74) is 1.90. The molecule has 3 rings (SSSR count). The van der Waals surface area contributed by atoms with Gasteiger partial charge in [0, 0.05) is 18.3 Å². The van der Waals surface area contributed by atoms with Crippen molar-refractivity contribution in [2.24, 2.45) is 5.92 Å². The first-order chi connectivity index (χ1) is 9.49. The number of aromatic nitrogens is 1. The van der Waals surface area contributed by atoms with Gasteiger partial charge in [-0.25, -0.2) is 4.79 Å². The topological polar surface area (TPSA) is 73.4 Å². The van der Waals surface area contributed by atoms with Gasteiger partial charge in [0.25, 0.3) is 5.91 Å². The largest absolute Gasteiger partial charge is 0.477 e. The van der Waals surface area contributed by atoms with Gasteiger partial charge in [0.05, 0.1) is 5.56 Å². The number of carbonyl (C=O) groups is 2. The number of nitrogens with one attached hydrogen (secondary N) is 1. The Kier molecular flexibility index (Phi) is 3.07. The molecule has 5 nitrogen and oxygen atoms in total. The maximum Gasteiger partial charge on any atom is 0.352 e. The number of H-pyrrole nitrogens is 1. The number of nitrogens with zero attached hydrogens (tertiary/aromatic N) is 1. The van der Waals surface area contributed by atoms with Crippen LogP contribution in [0.4, 0.5) is 0 Å². The molecule has 0 aromatic carbocycles. The number of carboxylic acid groups (broad SMARTS) is 1. The zero-order chi connectivity index (χ0) is 14.4. The molecule has 0 radical (unpaired) electrons. The average molecular weight is 276 g/mol. The van der Waals surface area contributed by atoms with Gasteiger partial charge >= 0.3 is 5.97 Å². The Morgan fingerprint density at radius 2 is 1.90 bits per heavy atom. The van der Waals surface area contributed by atoms with Crippen molar-refractivity contribution in [1.29, 1.82) is 0 Å². The summed E-state index contributed by atoms with van der Waals surface area (Å²) in [6, 6.07) is 0.366. The molecule has 2 N–H and O–H groups in total. The zero-order valence-electron chi connectivity index (χ0n) is 11.9. The first-order valence-corrected chi connectivity index (χ1v) is 7.22. The lowest BCUT2D eigenvalue weighted by Gasteiger charge is -2.22. The van der Waals surface area contributed by atoms with E-state index >= 15 is 0 Å². The standard InChI is InChI=1S/C15H20N2O3/c1-8-12(9(2)16-13(8)15(19)20)14(18)17(11-5-6-11)7-10-3-4-10/h10-11,16H,3-7H2,1-2H3,(H,19,20). The Morgan fingerprint density at radius 1 is 1.25 bits per heavy atom.